The smallest absolute Gasteiger partial charge is 0.245 e. The van der Waals surface area contributed by atoms with Gasteiger partial charge in [0, 0.05) is 45.2 Å². The Morgan fingerprint density at radius 3 is 2.10 bits per heavy atom. The summed E-state index contributed by atoms with van der Waals surface area (Å²) >= 11 is 0. The molecule has 0 aliphatic carbocycles. The van der Waals surface area contributed by atoms with Crippen LogP contribution in [0.5, 0.6) is 5.75 Å². The van der Waals surface area contributed by atoms with Crippen LogP contribution < -0.4 is 15.8 Å². The van der Waals surface area contributed by atoms with Crippen LogP contribution in [0.15, 0.2) is 66.7 Å². The Kier molecular flexibility index (Phi) is 15.0. The Hall–Kier alpha value is -3.28. The number of nitrogens with zero attached hydrogens (tertiary/aromatic N) is 1. The summed E-state index contributed by atoms with van der Waals surface area (Å²) in [5.74, 6) is 0.185. The largest absolute Gasteiger partial charge is 0.488 e. The maximum atomic E-state index is 14.7. The van der Waals surface area contributed by atoms with Crippen LogP contribution in [0.25, 0.3) is 10.8 Å². The van der Waals surface area contributed by atoms with E-state index in [4.69, 9.17) is 24.4 Å². The highest BCUT2D eigenvalue weighted by atomic mass is 28.4. The molecule has 0 saturated heterocycles. The number of ether oxygens (including phenoxy) is 3. The van der Waals surface area contributed by atoms with Crippen molar-refractivity contribution >= 4 is 30.9 Å². The molecule has 2 atom stereocenters. The summed E-state index contributed by atoms with van der Waals surface area (Å²) in [5.41, 5.74) is 7.96. The van der Waals surface area contributed by atoms with Gasteiger partial charge in [-0.05, 0) is 86.8 Å². The van der Waals surface area contributed by atoms with Crippen LogP contribution in [0.3, 0.4) is 0 Å². The molecule has 0 heterocycles. The zero-order valence-corrected chi connectivity index (χ0v) is 33.0. The highest BCUT2D eigenvalue weighted by molar-refractivity contribution is 6.74. The van der Waals surface area contributed by atoms with Crippen molar-refractivity contribution in [2.45, 2.75) is 117 Å². The lowest BCUT2D eigenvalue weighted by Crippen LogP contribution is -2.52. The van der Waals surface area contributed by atoms with Gasteiger partial charge in [-0.15, -0.1) is 0 Å². The third kappa shape index (κ3) is 12.8. The molecule has 0 saturated carbocycles. The van der Waals surface area contributed by atoms with Gasteiger partial charge in [0.05, 0.1) is 6.54 Å². The molecule has 0 fully saturated rings. The van der Waals surface area contributed by atoms with E-state index in [2.05, 4.69) is 57.4 Å². The molecule has 50 heavy (non-hydrogen) atoms. The van der Waals surface area contributed by atoms with Gasteiger partial charge in [0.25, 0.3) is 0 Å². The quantitative estimate of drug-likeness (QED) is 0.106. The Balaban J connectivity index is 1.93. The Morgan fingerprint density at radius 2 is 1.50 bits per heavy atom. The Labute approximate surface area is 301 Å². The highest BCUT2D eigenvalue weighted by Gasteiger charge is 2.37. The minimum absolute atomic E-state index is 0.0222. The van der Waals surface area contributed by atoms with Crippen LogP contribution in [0.4, 0.5) is 0 Å². The number of carbonyl (C=O) groups excluding carboxylic acids is 2. The molecule has 0 radical (unpaired) electrons. The highest BCUT2D eigenvalue weighted by Crippen LogP contribution is 2.36. The van der Waals surface area contributed by atoms with Gasteiger partial charge in [-0.3, -0.25) is 9.59 Å². The standard InChI is InChI=1S/C40H61N3O6Si/c1-11-46-37(47-12-2)27-43(26-31-18-15-17-30-16-13-14-19-34(30)31)38(45)35(24-29-20-22-33(23-21-29)49-39(3,4)5)42-36(44)25-32(41)28-48-50(9,10)40(6,7)8/h13-23,32,35,37H,11-12,24-28,41H2,1-10H3,(H,42,44). The summed E-state index contributed by atoms with van der Waals surface area (Å²) in [5, 5.41) is 5.21. The van der Waals surface area contributed by atoms with Crippen LogP contribution in [-0.4, -0.2) is 75.4 Å². The Morgan fingerprint density at radius 1 is 0.880 bits per heavy atom. The molecule has 0 aliphatic rings. The first-order valence-electron chi connectivity index (χ1n) is 17.9. The van der Waals surface area contributed by atoms with E-state index >= 15 is 0 Å². The van der Waals surface area contributed by atoms with E-state index < -0.39 is 26.7 Å². The summed E-state index contributed by atoms with van der Waals surface area (Å²) < 4.78 is 24.1. The average Bonchev–Trinajstić information content (AvgIpc) is 3.03. The first kappa shape index (κ1) is 41.1. The fraction of sp³-hybridized carbons (Fsp3) is 0.550. The Bertz CT molecular complexity index is 1500. The van der Waals surface area contributed by atoms with Gasteiger partial charge in [0.15, 0.2) is 14.6 Å². The van der Waals surface area contributed by atoms with Gasteiger partial charge in [0.1, 0.15) is 17.4 Å². The number of amides is 2. The molecule has 2 unspecified atom stereocenters. The second-order valence-electron chi connectivity index (χ2n) is 15.4. The molecule has 0 aliphatic heterocycles. The van der Waals surface area contributed by atoms with Crippen molar-refractivity contribution < 1.29 is 28.2 Å². The third-order valence-electron chi connectivity index (χ3n) is 8.96. The first-order chi connectivity index (χ1) is 23.4. The van der Waals surface area contributed by atoms with E-state index in [0.717, 1.165) is 27.6 Å². The fourth-order valence-corrected chi connectivity index (χ4v) is 6.42. The molecular weight excluding hydrogens is 647 g/mol. The number of nitrogens with two attached hydrogens (primary N) is 1. The summed E-state index contributed by atoms with van der Waals surface area (Å²) in [6, 6.07) is 20.5. The molecule has 10 heteroatoms. The fourth-order valence-electron chi connectivity index (χ4n) is 5.36. The van der Waals surface area contributed by atoms with Crippen LogP contribution in [0, 0.1) is 0 Å². The molecule has 3 N–H and O–H groups in total. The lowest BCUT2D eigenvalue weighted by molar-refractivity contribution is -0.161. The lowest BCUT2D eigenvalue weighted by atomic mass is 10.0. The number of benzene rings is 3. The normalized spacial score (nSPS) is 13.7. The summed E-state index contributed by atoms with van der Waals surface area (Å²) in [7, 11) is -2.05. The number of rotatable bonds is 18. The molecule has 0 aromatic heterocycles. The van der Waals surface area contributed by atoms with E-state index in [1.54, 1.807) is 4.90 Å². The molecule has 3 aromatic rings. The van der Waals surface area contributed by atoms with Gasteiger partial charge < -0.3 is 34.6 Å². The predicted molar refractivity (Wildman–Crippen MR) is 205 cm³/mol. The van der Waals surface area contributed by atoms with Crippen LogP contribution in [0.2, 0.25) is 18.1 Å². The van der Waals surface area contributed by atoms with E-state index in [1.165, 1.54) is 0 Å². The topological polar surface area (TPSA) is 112 Å². The van der Waals surface area contributed by atoms with Crippen molar-refractivity contribution in [3.63, 3.8) is 0 Å². The summed E-state index contributed by atoms with van der Waals surface area (Å²) in [4.78, 5) is 30.0. The third-order valence-corrected chi connectivity index (χ3v) is 13.5. The van der Waals surface area contributed by atoms with E-state index in [9.17, 15) is 9.59 Å². The van der Waals surface area contributed by atoms with Gasteiger partial charge >= 0.3 is 0 Å². The van der Waals surface area contributed by atoms with Crippen molar-refractivity contribution in [1.29, 1.82) is 0 Å². The number of fused-ring (bicyclic) bond motifs is 1. The van der Waals surface area contributed by atoms with Crippen LogP contribution in [0.1, 0.15) is 72.9 Å². The van der Waals surface area contributed by atoms with Gasteiger partial charge in [0.2, 0.25) is 11.8 Å². The van der Waals surface area contributed by atoms with E-state index in [1.807, 2.05) is 83.1 Å². The second kappa shape index (κ2) is 18.3. The minimum Gasteiger partial charge on any atom is -0.488 e. The maximum absolute atomic E-state index is 14.7. The average molecular weight is 708 g/mol. The van der Waals surface area contributed by atoms with Gasteiger partial charge in [-0.25, -0.2) is 0 Å². The van der Waals surface area contributed by atoms with Crippen LogP contribution >= 0.6 is 0 Å². The van der Waals surface area contributed by atoms with Crippen molar-refractivity contribution in [2.75, 3.05) is 26.4 Å². The SMILES string of the molecule is CCOC(CN(Cc1cccc2ccccc12)C(=O)C(Cc1ccc(OC(C)(C)C)cc1)NC(=O)CC(N)CO[Si](C)(C)C(C)(C)C)OCC. The molecular formula is C40H61N3O6Si. The molecule has 0 spiro atoms. The molecule has 276 valence electrons. The van der Waals surface area contributed by atoms with Crippen LogP contribution in [-0.2, 0) is 36.5 Å². The van der Waals surface area contributed by atoms with Gasteiger partial charge in [-0.2, -0.15) is 0 Å². The molecule has 3 rings (SSSR count). The predicted octanol–water partition coefficient (Wildman–Crippen LogP) is 7.21. The minimum atomic E-state index is -2.05. The van der Waals surface area contributed by atoms with Crippen molar-refractivity contribution in [3.8, 4) is 5.75 Å². The number of hydrogen-bond acceptors (Lipinski definition) is 7. The zero-order valence-electron chi connectivity index (χ0n) is 32.0. The molecule has 2 amide bonds. The summed E-state index contributed by atoms with van der Waals surface area (Å²) in [6.45, 7) is 22.2. The first-order valence-corrected chi connectivity index (χ1v) is 20.8. The lowest BCUT2D eigenvalue weighted by Gasteiger charge is -2.37. The van der Waals surface area contributed by atoms with E-state index in [-0.39, 0.29) is 48.4 Å². The molecule has 0 bridgehead atoms. The number of carbonyl (C=O) groups is 2. The zero-order chi connectivity index (χ0) is 37.1. The number of nitrogens with one attached hydrogen (secondary N) is 1. The molecule has 3 aromatic carbocycles. The number of hydrogen-bond donors (Lipinski definition) is 2. The van der Waals surface area contributed by atoms with Crippen molar-refractivity contribution in [3.05, 3.63) is 77.9 Å². The maximum Gasteiger partial charge on any atom is 0.245 e. The molecule has 9 nitrogen and oxygen atoms in total. The van der Waals surface area contributed by atoms with Crippen molar-refractivity contribution in [1.82, 2.24) is 10.2 Å². The second-order valence-corrected chi connectivity index (χ2v) is 20.2. The van der Waals surface area contributed by atoms with Crippen molar-refractivity contribution in [2.24, 2.45) is 5.73 Å². The summed E-state index contributed by atoms with van der Waals surface area (Å²) in [6.07, 6.45) is -0.327. The van der Waals surface area contributed by atoms with E-state index in [0.29, 0.717) is 19.8 Å². The van der Waals surface area contributed by atoms with Gasteiger partial charge in [-0.1, -0.05) is 75.4 Å². The monoisotopic (exact) mass is 707 g/mol.